The van der Waals surface area contributed by atoms with Crippen LogP contribution in [-0.2, 0) is 4.79 Å². The van der Waals surface area contributed by atoms with E-state index in [1.54, 1.807) is 18.2 Å². The lowest BCUT2D eigenvalue weighted by atomic mass is 10.1. The molecule has 19 heavy (non-hydrogen) atoms. The summed E-state index contributed by atoms with van der Waals surface area (Å²) in [6.07, 6.45) is 1.50. The van der Waals surface area contributed by atoms with Gasteiger partial charge in [-0.1, -0.05) is 23.7 Å². The molecular weight excluding hydrogens is 264 g/mol. The highest BCUT2D eigenvalue weighted by Crippen LogP contribution is 2.30. The van der Waals surface area contributed by atoms with Gasteiger partial charge in [-0.25, -0.2) is 4.98 Å². The number of benzene rings is 1. The first-order valence-corrected chi connectivity index (χ1v) is 5.99. The fraction of sp³-hybridized carbons (Fsp3) is 0.0769. The van der Waals surface area contributed by atoms with Crippen LogP contribution < -0.4 is 16.8 Å². The maximum atomic E-state index is 11.3. The zero-order valence-electron chi connectivity index (χ0n) is 10.1. The van der Waals surface area contributed by atoms with Crippen molar-refractivity contribution in [3.8, 4) is 11.1 Å². The number of hydrogen-bond acceptors (Lipinski definition) is 4. The van der Waals surface area contributed by atoms with E-state index in [4.69, 9.17) is 23.1 Å². The Morgan fingerprint density at radius 3 is 2.89 bits per heavy atom. The zero-order chi connectivity index (χ0) is 13.8. The molecule has 6 heteroatoms. The van der Waals surface area contributed by atoms with Crippen molar-refractivity contribution in [2.75, 3.05) is 17.6 Å². The van der Waals surface area contributed by atoms with Crippen LogP contribution in [-0.4, -0.2) is 17.4 Å². The number of hydrogen-bond donors (Lipinski definition) is 3. The molecule has 1 heterocycles. The topological polar surface area (TPSA) is 94.0 Å². The van der Waals surface area contributed by atoms with Gasteiger partial charge in [0.2, 0.25) is 5.91 Å². The molecule has 0 saturated carbocycles. The first kappa shape index (κ1) is 13.3. The van der Waals surface area contributed by atoms with Crippen molar-refractivity contribution in [1.82, 2.24) is 4.98 Å². The summed E-state index contributed by atoms with van der Waals surface area (Å²) in [5, 5.41) is 3.18. The van der Waals surface area contributed by atoms with Gasteiger partial charge in [-0.15, -0.1) is 0 Å². The number of anilines is 2. The summed E-state index contributed by atoms with van der Waals surface area (Å²) < 4.78 is 0. The summed E-state index contributed by atoms with van der Waals surface area (Å²) in [4.78, 5) is 15.2. The third kappa shape index (κ3) is 3.21. The first-order valence-electron chi connectivity index (χ1n) is 5.61. The summed E-state index contributed by atoms with van der Waals surface area (Å²) in [7, 11) is 0. The highest BCUT2D eigenvalue weighted by atomic mass is 35.5. The van der Waals surface area contributed by atoms with Gasteiger partial charge in [0.15, 0.2) is 0 Å². The fourth-order valence-corrected chi connectivity index (χ4v) is 1.87. The number of nitrogens with zero attached hydrogens (tertiary/aromatic N) is 1. The molecule has 0 aliphatic heterocycles. The van der Waals surface area contributed by atoms with Gasteiger partial charge in [-0.2, -0.15) is 0 Å². The number of amides is 1. The largest absolute Gasteiger partial charge is 0.384 e. The summed E-state index contributed by atoms with van der Waals surface area (Å²) in [5.41, 5.74) is 13.2. The Morgan fingerprint density at radius 2 is 2.16 bits per heavy atom. The van der Waals surface area contributed by atoms with Crippen LogP contribution in [0.5, 0.6) is 0 Å². The van der Waals surface area contributed by atoms with Crippen molar-refractivity contribution in [2.45, 2.75) is 0 Å². The zero-order valence-corrected chi connectivity index (χ0v) is 10.8. The molecule has 5 nitrogen and oxygen atoms in total. The van der Waals surface area contributed by atoms with Crippen molar-refractivity contribution in [1.29, 1.82) is 0 Å². The molecule has 2 aromatic rings. The molecule has 1 aromatic carbocycles. The Bertz CT molecular complexity index is 615. The number of carbonyl (C=O) groups is 1. The molecule has 0 radical (unpaired) electrons. The van der Waals surface area contributed by atoms with Gasteiger partial charge in [-0.05, 0) is 23.8 Å². The van der Waals surface area contributed by atoms with E-state index in [-0.39, 0.29) is 12.5 Å². The van der Waals surface area contributed by atoms with Crippen LogP contribution in [0.4, 0.5) is 11.5 Å². The average Bonchev–Trinajstić information content (AvgIpc) is 2.41. The maximum Gasteiger partial charge on any atom is 0.238 e. The first-order chi connectivity index (χ1) is 9.10. The Kier molecular flexibility index (Phi) is 3.99. The summed E-state index contributed by atoms with van der Waals surface area (Å²) >= 11 is 6.09. The van der Waals surface area contributed by atoms with Crippen LogP contribution in [0.25, 0.3) is 11.1 Å². The van der Waals surface area contributed by atoms with Crippen LogP contribution in [0.15, 0.2) is 36.5 Å². The number of nitrogens with one attached hydrogen (secondary N) is 1. The molecule has 0 bridgehead atoms. The van der Waals surface area contributed by atoms with Crippen LogP contribution in [0.2, 0.25) is 5.02 Å². The second kappa shape index (κ2) is 5.69. The molecule has 0 unspecified atom stereocenters. The Hall–Kier alpha value is -2.11. The smallest absolute Gasteiger partial charge is 0.238 e. The quantitative estimate of drug-likeness (QED) is 0.798. The molecule has 0 aliphatic carbocycles. The molecule has 2 rings (SSSR count). The fourth-order valence-electron chi connectivity index (χ4n) is 1.65. The van der Waals surface area contributed by atoms with Gasteiger partial charge in [0.1, 0.15) is 5.82 Å². The number of carbonyl (C=O) groups excluding carboxylic acids is 1. The van der Waals surface area contributed by atoms with Gasteiger partial charge >= 0.3 is 0 Å². The van der Waals surface area contributed by atoms with Crippen molar-refractivity contribution in [3.05, 3.63) is 41.6 Å². The minimum Gasteiger partial charge on any atom is -0.384 e. The van der Waals surface area contributed by atoms with E-state index in [1.165, 1.54) is 6.20 Å². The molecule has 0 atom stereocenters. The minimum atomic E-state index is -0.252. The minimum absolute atomic E-state index is 0.0623. The lowest BCUT2D eigenvalue weighted by Crippen LogP contribution is -2.21. The Balaban J connectivity index is 2.37. The highest BCUT2D eigenvalue weighted by Gasteiger charge is 2.06. The second-order valence-corrected chi connectivity index (χ2v) is 4.33. The molecule has 1 aromatic heterocycles. The van der Waals surface area contributed by atoms with E-state index in [0.29, 0.717) is 16.5 Å². The third-order valence-corrected chi connectivity index (χ3v) is 2.82. The number of rotatable bonds is 3. The monoisotopic (exact) mass is 276 g/mol. The number of nitrogen functional groups attached to an aromatic ring is 1. The van der Waals surface area contributed by atoms with Crippen molar-refractivity contribution >= 4 is 29.0 Å². The van der Waals surface area contributed by atoms with Crippen molar-refractivity contribution in [3.63, 3.8) is 0 Å². The molecule has 1 amide bonds. The lowest BCUT2D eigenvalue weighted by molar-refractivity contribution is -0.114. The number of pyridine rings is 1. The van der Waals surface area contributed by atoms with E-state index in [0.717, 1.165) is 11.1 Å². The van der Waals surface area contributed by atoms with E-state index >= 15 is 0 Å². The van der Waals surface area contributed by atoms with Gasteiger partial charge < -0.3 is 16.8 Å². The van der Waals surface area contributed by atoms with E-state index in [1.807, 2.05) is 12.1 Å². The molecule has 98 valence electrons. The Labute approximate surface area is 115 Å². The summed E-state index contributed by atoms with van der Waals surface area (Å²) in [6.45, 7) is -0.0623. The van der Waals surface area contributed by atoms with Crippen molar-refractivity contribution in [2.24, 2.45) is 5.73 Å². The molecule has 5 N–H and O–H groups in total. The standard InChI is InChI=1S/C13H13ClN4O/c14-11-7-17-12(16)5-10(11)8-2-1-3-9(4-8)18-13(19)6-15/h1-5,7H,6,15H2,(H2,16,17)(H,18,19). The van der Waals surface area contributed by atoms with E-state index in [9.17, 15) is 4.79 Å². The molecule has 0 fully saturated rings. The lowest BCUT2D eigenvalue weighted by Gasteiger charge is -2.08. The van der Waals surface area contributed by atoms with Gasteiger partial charge in [0.05, 0.1) is 11.6 Å². The van der Waals surface area contributed by atoms with Crippen LogP contribution in [0, 0.1) is 0 Å². The molecular formula is C13H13ClN4O. The predicted molar refractivity (Wildman–Crippen MR) is 76.8 cm³/mol. The number of aromatic nitrogens is 1. The Morgan fingerprint density at radius 1 is 1.37 bits per heavy atom. The predicted octanol–water partition coefficient (Wildman–Crippen LogP) is 1.88. The highest BCUT2D eigenvalue weighted by molar-refractivity contribution is 6.33. The summed E-state index contributed by atoms with van der Waals surface area (Å²) in [6, 6.07) is 8.95. The number of halogens is 1. The van der Waals surface area contributed by atoms with E-state index in [2.05, 4.69) is 10.3 Å². The maximum absolute atomic E-state index is 11.3. The van der Waals surface area contributed by atoms with Crippen LogP contribution in [0.3, 0.4) is 0 Å². The van der Waals surface area contributed by atoms with Gasteiger partial charge in [-0.3, -0.25) is 4.79 Å². The van der Waals surface area contributed by atoms with Gasteiger partial charge in [0.25, 0.3) is 0 Å². The van der Waals surface area contributed by atoms with E-state index < -0.39 is 0 Å². The molecule has 0 aliphatic rings. The molecule has 0 saturated heterocycles. The average molecular weight is 277 g/mol. The second-order valence-electron chi connectivity index (χ2n) is 3.92. The normalized spacial score (nSPS) is 10.2. The van der Waals surface area contributed by atoms with Crippen molar-refractivity contribution < 1.29 is 4.79 Å². The van der Waals surface area contributed by atoms with Crippen LogP contribution >= 0.6 is 11.6 Å². The SMILES string of the molecule is NCC(=O)Nc1cccc(-c2cc(N)ncc2Cl)c1. The molecule has 0 spiro atoms. The van der Waals surface area contributed by atoms with Crippen LogP contribution in [0.1, 0.15) is 0 Å². The summed E-state index contributed by atoms with van der Waals surface area (Å²) in [5.74, 6) is 0.133. The number of nitrogens with two attached hydrogens (primary N) is 2. The third-order valence-electron chi connectivity index (χ3n) is 2.52. The van der Waals surface area contributed by atoms with Gasteiger partial charge in [0, 0.05) is 17.4 Å².